The van der Waals surface area contributed by atoms with Gasteiger partial charge >= 0.3 is 0 Å². The zero-order valence-electron chi connectivity index (χ0n) is 16.3. The molecule has 8 heteroatoms. The Balaban J connectivity index is 1.77. The number of carbonyl (C=O) groups is 2. The van der Waals surface area contributed by atoms with E-state index >= 15 is 0 Å². The van der Waals surface area contributed by atoms with E-state index < -0.39 is 11.5 Å². The summed E-state index contributed by atoms with van der Waals surface area (Å²) in [7, 11) is 1.61. The molecule has 29 heavy (non-hydrogen) atoms. The van der Waals surface area contributed by atoms with Gasteiger partial charge < -0.3 is 10.6 Å². The highest BCUT2D eigenvalue weighted by atomic mass is 32.1. The van der Waals surface area contributed by atoms with Crippen LogP contribution in [-0.4, -0.2) is 36.3 Å². The van der Waals surface area contributed by atoms with Crippen molar-refractivity contribution in [3.63, 3.8) is 0 Å². The Morgan fingerprint density at radius 2 is 1.97 bits per heavy atom. The Bertz CT molecular complexity index is 1050. The molecule has 1 aromatic carbocycles. The van der Waals surface area contributed by atoms with Crippen molar-refractivity contribution in [1.82, 2.24) is 4.90 Å². The van der Waals surface area contributed by atoms with Gasteiger partial charge in [0.2, 0.25) is 11.8 Å². The maximum absolute atomic E-state index is 13.2. The molecule has 2 aromatic rings. The zero-order chi connectivity index (χ0) is 20.8. The normalized spacial score (nSPS) is 24.6. The van der Waals surface area contributed by atoms with E-state index in [-0.39, 0.29) is 17.8 Å². The number of nitrogens with zero attached hydrogens (tertiary/aromatic N) is 4. The van der Waals surface area contributed by atoms with Crippen LogP contribution in [0.3, 0.4) is 0 Å². The highest BCUT2D eigenvalue weighted by molar-refractivity contribution is 7.12. The van der Waals surface area contributed by atoms with Crippen LogP contribution >= 0.6 is 11.3 Å². The standard InChI is InChI=1S/C21H21N5O2S/c1-21(16-10-9-15(12-22)29-16)18(19(28)25(2)20(23)24-21)13-5-7-14(8-6-13)26-11-3-4-17(26)27/h5-10,18H,3-4,11H2,1-2H3,(H2,23,24)/t18-,21+/m0/s1. The molecule has 7 nitrogen and oxygen atoms in total. The van der Waals surface area contributed by atoms with Gasteiger partial charge in [-0.25, -0.2) is 4.99 Å². The summed E-state index contributed by atoms with van der Waals surface area (Å²) < 4.78 is 0. The third-order valence-corrected chi connectivity index (χ3v) is 6.87. The van der Waals surface area contributed by atoms with Crippen LogP contribution < -0.4 is 10.6 Å². The Kier molecular flexibility index (Phi) is 4.63. The Morgan fingerprint density at radius 3 is 2.55 bits per heavy atom. The molecule has 1 fully saturated rings. The number of nitriles is 1. The SMILES string of the molecule is CN1C(=O)[C@H](c2ccc(N3CCCC3=O)cc2)[C@@](C)(c2ccc(C#N)s2)N=C1N. The lowest BCUT2D eigenvalue weighted by atomic mass is 9.77. The largest absolute Gasteiger partial charge is 0.369 e. The number of thiophene rings is 1. The van der Waals surface area contributed by atoms with Crippen molar-refractivity contribution >= 4 is 34.8 Å². The number of likely N-dealkylation sites (N-methyl/N-ethyl adjacent to an activating group) is 1. The van der Waals surface area contributed by atoms with Crippen molar-refractivity contribution in [3.8, 4) is 6.07 Å². The minimum atomic E-state index is -0.918. The highest BCUT2D eigenvalue weighted by Gasteiger charge is 2.48. The molecule has 2 aliphatic rings. The van der Waals surface area contributed by atoms with Crippen molar-refractivity contribution in [2.45, 2.75) is 31.2 Å². The minimum Gasteiger partial charge on any atom is -0.369 e. The summed E-state index contributed by atoms with van der Waals surface area (Å²) in [6.45, 7) is 2.59. The second-order valence-electron chi connectivity index (χ2n) is 7.46. The first-order valence-electron chi connectivity index (χ1n) is 9.39. The van der Waals surface area contributed by atoms with E-state index in [1.54, 1.807) is 18.0 Å². The molecule has 0 aliphatic carbocycles. The molecule has 2 aliphatic heterocycles. The van der Waals surface area contributed by atoms with E-state index in [1.165, 1.54) is 16.2 Å². The van der Waals surface area contributed by atoms with Crippen LogP contribution in [0.1, 0.15) is 41.0 Å². The average Bonchev–Trinajstić information content (AvgIpc) is 3.36. The molecule has 2 N–H and O–H groups in total. The van der Waals surface area contributed by atoms with Gasteiger partial charge in [0.1, 0.15) is 16.5 Å². The fraction of sp³-hybridized carbons (Fsp3) is 0.333. The maximum Gasteiger partial charge on any atom is 0.239 e. The van der Waals surface area contributed by atoms with Gasteiger partial charge in [-0.3, -0.25) is 14.5 Å². The smallest absolute Gasteiger partial charge is 0.239 e. The molecule has 148 valence electrons. The minimum absolute atomic E-state index is 0.121. The van der Waals surface area contributed by atoms with E-state index in [2.05, 4.69) is 11.1 Å². The Morgan fingerprint density at radius 1 is 1.24 bits per heavy atom. The van der Waals surface area contributed by atoms with Gasteiger partial charge in [-0.05, 0) is 43.2 Å². The molecule has 0 bridgehead atoms. The van der Waals surface area contributed by atoms with E-state index in [1.807, 2.05) is 37.3 Å². The molecule has 0 saturated carbocycles. The number of benzene rings is 1. The summed E-state index contributed by atoms with van der Waals surface area (Å²) in [4.78, 5) is 34.4. The van der Waals surface area contributed by atoms with E-state index in [4.69, 9.17) is 5.73 Å². The second-order valence-corrected chi connectivity index (χ2v) is 8.55. The van der Waals surface area contributed by atoms with Gasteiger partial charge in [-0.1, -0.05) is 12.1 Å². The zero-order valence-corrected chi connectivity index (χ0v) is 17.1. The summed E-state index contributed by atoms with van der Waals surface area (Å²) in [5, 5.41) is 9.21. The van der Waals surface area contributed by atoms with Gasteiger partial charge in [-0.15, -0.1) is 11.3 Å². The van der Waals surface area contributed by atoms with Crippen LogP contribution in [0.4, 0.5) is 5.69 Å². The Labute approximate surface area is 173 Å². The number of hydrogen-bond donors (Lipinski definition) is 1. The monoisotopic (exact) mass is 407 g/mol. The molecule has 2 amide bonds. The number of nitrogens with two attached hydrogens (primary N) is 1. The lowest BCUT2D eigenvalue weighted by Crippen LogP contribution is -2.52. The van der Waals surface area contributed by atoms with Gasteiger partial charge in [0.25, 0.3) is 0 Å². The molecule has 4 rings (SSSR count). The van der Waals surface area contributed by atoms with Crippen LogP contribution in [0, 0.1) is 11.3 Å². The second kappa shape index (κ2) is 7.01. The molecule has 0 unspecified atom stereocenters. The number of hydrogen-bond acceptors (Lipinski definition) is 6. The summed E-state index contributed by atoms with van der Waals surface area (Å²) >= 11 is 1.32. The van der Waals surface area contributed by atoms with Crippen LogP contribution in [0.15, 0.2) is 41.4 Å². The molecular weight excluding hydrogens is 386 g/mol. The summed E-state index contributed by atoms with van der Waals surface area (Å²) in [5.41, 5.74) is 6.74. The first kappa shape index (κ1) is 19.2. The lowest BCUT2D eigenvalue weighted by Gasteiger charge is -2.40. The molecule has 0 radical (unpaired) electrons. The summed E-state index contributed by atoms with van der Waals surface area (Å²) in [5.74, 6) is -0.471. The van der Waals surface area contributed by atoms with Crippen LogP contribution in [0.2, 0.25) is 0 Å². The van der Waals surface area contributed by atoms with E-state index in [9.17, 15) is 14.9 Å². The van der Waals surface area contributed by atoms with Crippen molar-refractivity contribution < 1.29 is 9.59 Å². The molecule has 2 atom stereocenters. The van der Waals surface area contributed by atoms with Gasteiger partial charge in [0.05, 0.1) is 5.92 Å². The first-order valence-corrected chi connectivity index (χ1v) is 10.2. The Hall–Kier alpha value is -3.18. The number of amides is 2. The summed E-state index contributed by atoms with van der Waals surface area (Å²) in [6.07, 6.45) is 1.43. The predicted octanol–water partition coefficient (Wildman–Crippen LogP) is 2.53. The van der Waals surface area contributed by atoms with Crippen LogP contribution in [0.25, 0.3) is 0 Å². The van der Waals surface area contributed by atoms with Crippen molar-refractivity contribution in [2.24, 2.45) is 10.7 Å². The highest BCUT2D eigenvalue weighted by Crippen LogP contribution is 2.46. The quantitative estimate of drug-likeness (QED) is 0.844. The van der Waals surface area contributed by atoms with E-state index in [0.717, 1.165) is 22.5 Å². The molecular formula is C21H21N5O2S. The topological polar surface area (TPSA) is 103 Å². The number of rotatable bonds is 3. The fourth-order valence-corrected chi connectivity index (χ4v) is 4.95. The third kappa shape index (κ3) is 3.08. The average molecular weight is 407 g/mol. The van der Waals surface area contributed by atoms with Gasteiger partial charge in [0.15, 0.2) is 5.96 Å². The van der Waals surface area contributed by atoms with Crippen molar-refractivity contribution in [1.29, 1.82) is 5.26 Å². The molecule has 0 spiro atoms. The predicted molar refractivity (Wildman–Crippen MR) is 112 cm³/mol. The van der Waals surface area contributed by atoms with Crippen LogP contribution in [-0.2, 0) is 15.1 Å². The van der Waals surface area contributed by atoms with Gasteiger partial charge in [0, 0.05) is 30.6 Å². The van der Waals surface area contributed by atoms with Crippen molar-refractivity contribution in [3.05, 3.63) is 51.7 Å². The molecule has 1 saturated heterocycles. The number of aliphatic imine (C=N–C) groups is 1. The first-order chi connectivity index (χ1) is 13.8. The van der Waals surface area contributed by atoms with E-state index in [0.29, 0.717) is 17.8 Å². The van der Waals surface area contributed by atoms with Crippen molar-refractivity contribution in [2.75, 3.05) is 18.5 Å². The number of guanidine groups is 1. The number of carbonyl (C=O) groups excluding carboxylic acids is 2. The maximum atomic E-state index is 13.2. The fourth-order valence-electron chi connectivity index (χ4n) is 4.03. The lowest BCUT2D eigenvalue weighted by molar-refractivity contribution is -0.130. The third-order valence-electron chi connectivity index (χ3n) is 5.66. The molecule has 1 aromatic heterocycles. The van der Waals surface area contributed by atoms with Gasteiger partial charge in [-0.2, -0.15) is 5.26 Å². The number of anilines is 1. The molecule has 3 heterocycles. The van der Waals surface area contributed by atoms with Crippen LogP contribution in [0.5, 0.6) is 0 Å². The summed E-state index contributed by atoms with van der Waals surface area (Å²) in [6, 6.07) is 13.2.